The van der Waals surface area contributed by atoms with Gasteiger partial charge in [-0.2, -0.15) is 0 Å². The summed E-state index contributed by atoms with van der Waals surface area (Å²) in [5.41, 5.74) is -0.252. The number of carbonyl (C=O) groups excluding carboxylic acids is 3. The number of aromatic nitrogens is 1. The molecule has 0 spiro atoms. The Labute approximate surface area is 187 Å². The van der Waals surface area contributed by atoms with E-state index in [0.29, 0.717) is 12.0 Å². The largest absolute Gasteiger partial charge is 0.479 e. The Hall–Kier alpha value is -3.72. The Kier molecular flexibility index (Phi) is 6.89. The average molecular weight is 481 g/mol. The van der Waals surface area contributed by atoms with Gasteiger partial charge in [-0.25, -0.2) is 14.6 Å². The predicted octanol–water partition coefficient (Wildman–Crippen LogP) is -0.559. The van der Waals surface area contributed by atoms with E-state index in [4.69, 9.17) is 5.11 Å². The number of fused-ring (bicyclic) bond motifs is 1. The number of allylic oxidation sites excluding steroid dienone is 1. The lowest BCUT2D eigenvalue weighted by molar-refractivity contribution is -0.150. The molecule has 0 aliphatic carbocycles. The summed E-state index contributed by atoms with van der Waals surface area (Å²) in [6.07, 6.45) is 1.75. The third-order valence-corrected chi connectivity index (χ3v) is 6.30. The van der Waals surface area contributed by atoms with Crippen molar-refractivity contribution < 1.29 is 39.0 Å². The maximum Gasteiger partial charge on any atom is 0.352 e. The number of nitrogens with one attached hydrogen (secondary N) is 2. The fraction of sp³-hybridized carbons (Fsp3) is 0.235. The second-order valence-corrected chi connectivity index (χ2v) is 8.11. The first-order valence-corrected chi connectivity index (χ1v) is 10.6. The van der Waals surface area contributed by atoms with Crippen molar-refractivity contribution in [3.05, 3.63) is 35.0 Å². The molecule has 1 fully saturated rings. The average Bonchev–Trinajstić information content (AvgIpc) is 3.21. The third kappa shape index (κ3) is 4.47. The van der Waals surface area contributed by atoms with Crippen LogP contribution in [0, 0.1) is 0 Å². The summed E-state index contributed by atoms with van der Waals surface area (Å²) in [6, 6.07) is -1.05. The van der Waals surface area contributed by atoms with Crippen LogP contribution < -0.4 is 10.6 Å². The highest BCUT2D eigenvalue weighted by Gasteiger charge is 2.54. The molecule has 4 N–H and O–H groups in total. The normalized spacial score (nSPS) is 20.1. The van der Waals surface area contributed by atoms with Gasteiger partial charge in [0, 0.05) is 11.1 Å². The molecular formula is C17H15N5O8S2. The van der Waals surface area contributed by atoms with Crippen LogP contribution in [-0.2, 0) is 28.8 Å². The van der Waals surface area contributed by atoms with E-state index in [-0.39, 0.29) is 22.3 Å². The molecular weight excluding hydrogens is 466 g/mol. The SMILES string of the molecule is C=CC1=C(C(=O)O)N2C(=O)C(NC(=O)C(=NOCC(=O)O)c3csc(NC=O)n3)[C@@H]2SC1. The van der Waals surface area contributed by atoms with Crippen molar-refractivity contribution in [1.82, 2.24) is 15.2 Å². The number of aliphatic carboxylic acids is 2. The van der Waals surface area contributed by atoms with Gasteiger partial charge >= 0.3 is 11.9 Å². The second-order valence-electron chi connectivity index (χ2n) is 6.15. The van der Waals surface area contributed by atoms with Crippen LogP contribution >= 0.6 is 23.1 Å². The van der Waals surface area contributed by atoms with Crippen LogP contribution in [0.25, 0.3) is 0 Å². The fourth-order valence-electron chi connectivity index (χ4n) is 2.86. The number of anilines is 1. The van der Waals surface area contributed by atoms with Crippen molar-refractivity contribution in [2.24, 2.45) is 5.16 Å². The van der Waals surface area contributed by atoms with Crippen molar-refractivity contribution >= 4 is 64.1 Å². The number of hydrogen-bond donors (Lipinski definition) is 4. The second kappa shape index (κ2) is 9.61. The van der Waals surface area contributed by atoms with Crippen molar-refractivity contribution in [2.75, 3.05) is 17.7 Å². The monoisotopic (exact) mass is 481 g/mol. The van der Waals surface area contributed by atoms with Crippen molar-refractivity contribution in [3.8, 4) is 0 Å². The lowest BCUT2D eigenvalue weighted by atomic mass is 10.0. The molecule has 0 bridgehead atoms. The van der Waals surface area contributed by atoms with Crippen molar-refractivity contribution in [2.45, 2.75) is 11.4 Å². The van der Waals surface area contributed by atoms with E-state index >= 15 is 0 Å². The number of rotatable bonds is 10. The lowest BCUT2D eigenvalue weighted by Gasteiger charge is -2.49. The number of oxime groups is 1. The highest BCUT2D eigenvalue weighted by Crippen LogP contribution is 2.40. The van der Waals surface area contributed by atoms with E-state index in [0.717, 1.165) is 16.2 Å². The van der Waals surface area contributed by atoms with Crippen molar-refractivity contribution in [1.29, 1.82) is 0 Å². The molecule has 2 aliphatic heterocycles. The molecule has 2 aliphatic rings. The zero-order chi connectivity index (χ0) is 23.4. The molecule has 3 heterocycles. The minimum absolute atomic E-state index is 0.0257. The van der Waals surface area contributed by atoms with Gasteiger partial charge in [0.15, 0.2) is 10.8 Å². The maximum absolute atomic E-state index is 12.8. The minimum Gasteiger partial charge on any atom is -0.479 e. The minimum atomic E-state index is -1.33. The zero-order valence-corrected chi connectivity index (χ0v) is 17.6. The molecule has 1 unspecified atom stereocenters. The Morgan fingerprint density at radius 1 is 1.41 bits per heavy atom. The van der Waals surface area contributed by atoms with Gasteiger partial charge in [-0.05, 0) is 5.57 Å². The van der Waals surface area contributed by atoms with E-state index in [2.05, 4.69) is 32.2 Å². The van der Waals surface area contributed by atoms with E-state index < -0.39 is 47.5 Å². The van der Waals surface area contributed by atoms with Crippen LogP contribution in [0.15, 0.2) is 34.5 Å². The summed E-state index contributed by atoms with van der Waals surface area (Å²) in [4.78, 5) is 68.0. The summed E-state index contributed by atoms with van der Waals surface area (Å²) in [5, 5.41) is 27.3. The van der Waals surface area contributed by atoms with Crippen LogP contribution in [0.3, 0.4) is 0 Å². The van der Waals surface area contributed by atoms with Gasteiger partial charge in [0.1, 0.15) is 22.8 Å². The van der Waals surface area contributed by atoms with Gasteiger partial charge in [-0.1, -0.05) is 17.8 Å². The first-order valence-electron chi connectivity index (χ1n) is 8.70. The van der Waals surface area contributed by atoms with E-state index in [1.807, 2.05) is 0 Å². The highest BCUT2D eigenvalue weighted by atomic mass is 32.2. The molecule has 1 saturated heterocycles. The third-order valence-electron chi connectivity index (χ3n) is 4.22. The summed E-state index contributed by atoms with van der Waals surface area (Å²) in [5.74, 6) is -3.87. The standard InChI is InChI=1S/C17H15N5O8S2/c1-2-7-4-31-15-11(14(27)22(15)12(7)16(28)29)20-13(26)10(21-30-3-9(24)25)8-5-32-17(19-8)18-6-23/h2,5-6,11,15H,1,3-4H2,(H,20,26)(H,24,25)(H,28,29)(H,18,19,23)/t11?,15-/m0/s1. The van der Waals surface area contributed by atoms with E-state index in [1.54, 1.807) is 0 Å². The number of thiazole rings is 1. The van der Waals surface area contributed by atoms with Crippen LogP contribution in [0.1, 0.15) is 5.69 Å². The number of carboxylic acid groups (broad SMARTS) is 2. The van der Waals surface area contributed by atoms with Crippen LogP contribution in [0.5, 0.6) is 0 Å². The van der Waals surface area contributed by atoms with Gasteiger partial charge in [0.2, 0.25) is 13.0 Å². The van der Waals surface area contributed by atoms with Crippen LogP contribution in [0.4, 0.5) is 5.13 Å². The van der Waals surface area contributed by atoms with Gasteiger partial charge in [0.05, 0.1) is 0 Å². The lowest BCUT2D eigenvalue weighted by Crippen LogP contribution is -2.71. The molecule has 1 aromatic heterocycles. The molecule has 3 amide bonds. The Morgan fingerprint density at radius 3 is 2.78 bits per heavy atom. The highest BCUT2D eigenvalue weighted by molar-refractivity contribution is 8.00. The molecule has 0 saturated carbocycles. The molecule has 0 aromatic carbocycles. The molecule has 13 nitrogen and oxygen atoms in total. The summed E-state index contributed by atoms with van der Waals surface area (Å²) in [6.45, 7) is 2.73. The Morgan fingerprint density at radius 2 is 2.16 bits per heavy atom. The number of thioether (sulfide) groups is 1. The molecule has 0 radical (unpaired) electrons. The molecule has 168 valence electrons. The Bertz CT molecular complexity index is 1070. The van der Waals surface area contributed by atoms with Crippen LogP contribution in [-0.4, -0.2) is 79.7 Å². The number of β-lactam (4-membered cyclic amide) rings is 1. The molecule has 1 aromatic rings. The molecule has 15 heteroatoms. The summed E-state index contributed by atoms with van der Waals surface area (Å²) < 4.78 is 0. The quantitative estimate of drug-likeness (QED) is 0.146. The topological polar surface area (TPSA) is 188 Å². The first kappa shape index (κ1) is 23.0. The summed E-state index contributed by atoms with van der Waals surface area (Å²) >= 11 is 2.22. The molecule has 3 rings (SSSR count). The number of carbonyl (C=O) groups is 5. The van der Waals surface area contributed by atoms with Crippen LogP contribution in [0.2, 0.25) is 0 Å². The molecule has 2 atom stereocenters. The number of hydrogen-bond acceptors (Lipinski definition) is 10. The van der Waals surface area contributed by atoms with Gasteiger partial charge in [-0.15, -0.1) is 23.1 Å². The Balaban J connectivity index is 1.81. The number of nitrogens with zero attached hydrogens (tertiary/aromatic N) is 3. The first-order chi connectivity index (χ1) is 15.3. The van der Waals surface area contributed by atoms with Gasteiger partial charge in [0.25, 0.3) is 11.8 Å². The number of carboxylic acids is 2. The smallest absolute Gasteiger partial charge is 0.352 e. The number of amides is 3. The van der Waals surface area contributed by atoms with E-state index in [9.17, 15) is 29.1 Å². The molecule has 32 heavy (non-hydrogen) atoms. The van der Waals surface area contributed by atoms with Crippen molar-refractivity contribution in [3.63, 3.8) is 0 Å². The van der Waals surface area contributed by atoms with Gasteiger partial charge < -0.3 is 25.7 Å². The van der Waals surface area contributed by atoms with E-state index in [1.165, 1.54) is 23.2 Å². The summed E-state index contributed by atoms with van der Waals surface area (Å²) in [7, 11) is 0. The maximum atomic E-state index is 12.8. The zero-order valence-electron chi connectivity index (χ0n) is 16.0. The van der Waals surface area contributed by atoms with Gasteiger partial charge in [-0.3, -0.25) is 19.3 Å². The predicted molar refractivity (Wildman–Crippen MR) is 112 cm³/mol. The fourth-order valence-corrected chi connectivity index (χ4v) is 4.86.